The highest BCUT2D eigenvalue weighted by molar-refractivity contribution is 5.30. The van der Waals surface area contributed by atoms with Gasteiger partial charge in [0.25, 0.3) is 0 Å². The molecule has 2 rings (SSSR count). The Hall–Kier alpha value is -1.94. The number of aliphatic hydroxyl groups is 2. The molecule has 0 aromatic heterocycles. The van der Waals surface area contributed by atoms with Gasteiger partial charge in [0.2, 0.25) is 0 Å². The molecule has 2 aromatic carbocycles. The van der Waals surface area contributed by atoms with E-state index in [1.807, 2.05) is 48.5 Å². The summed E-state index contributed by atoms with van der Waals surface area (Å²) in [7, 11) is 0. The first-order valence-corrected chi connectivity index (χ1v) is 7.85. The van der Waals surface area contributed by atoms with Gasteiger partial charge < -0.3 is 14.9 Å². The van der Waals surface area contributed by atoms with Crippen molar-refractivity contribution in [2.75, 3.05) is 6.61 Å². The second kappa shape index (κ2) is 9.26. The Labute approximate surface area is 137 Å². The molecule has 0 spiro atoms. The molecule has 3 heteroatoms. The summed E-state index contributed by atoms with van der Waals surface area (Å²) < 4.78 is 5.51. The molecule has 0 aliphatic carbocycles. The predicted octanol–water partition coefficient (Wildman–Crippen LogP) is 3.03. The lowest BCUT2D eigenvalue weighted by Crippen LogP contribution is -2.16. The fourth-order valence-electron chi connectivity index (χ4n) is 2.64. The molecule has 3 nitrogen and oxygen atoms in total. The van der Waals surface area contributed by atoms with Gasteiger partial charge in [-0.3, -0.25) is 0 Å². The standard InChI is InChI=1S/C20H24O3/c1-2-11-23-15-19-10-6-4-8-17(19)13-20(22)12-16-7-3-5-9-18(16)14-21/h2-10,20-22H,1,11-15H2. The second-order valence-electron chi connectivity index (χ2n) is 5.56. The van der Waals surface area contributed by atoms with Crippen LogP contribution in [-0.4, -0.2) is 22.9 Å². The van der Waals surface area contributed by atoms with Crippen LogP contribution in [-0.2, 0) is 30.8 Å². The zero-order valence-electron chi connectivity index (χ0n) is 13.3. The summed E-state index contributed by atoms with van der Waals surface area (Å²) in [6, 6.07) is 15.7. The van der Waals surface area contributed by atoms with Crippen LogP contribution in [0, 0.1) is 0 Å². The van der Waals surface area contributed by atoms with Gasteiger partial charge in [0.05, 0.1) is 25.9 Å². The van der Waals surface area contributed by atoms with Crippen molar-refractivity contribution in [3.63, 3.8) is 0 Å². The molecule has 0 fully saturated rings. The highest BCUT2D eigenvalue weighted by atomic mass is 16.5. The van der Waals surface area contributed by atoms with E-state index in [9.17, 15) is 10.2 Å². The van der Waals surface area contributed by atoms with Crippen molar-refractivity contribution >= 4 is 0 Å². The van der Waals surface area contributed by atoms with Crippen LogP contribution in [0.3, 0.4) is 0 Å². The van der Waals surface area contributed by atoms with Gasteiger partial charge >= 0.3 is 0 Å². The number of benzene rings is 2. The van der Waals surface area contributed by atoms with Crippen LogP contribution in [0.25, 0.3) is 0 Å². The highest BCUT2D eigenvalue weighted by Gasteiger charge is 2.12. The van der Waals surface area contributed by atoms with E-state index in [0.29, 0.717) is 26.1 Å². The Morgan fingerprint density at radius 2 is 1.43 bits per heavy atom. The molecule has 0 saturated carbocycles. The minimum Gasteiger partial charge on any atom is -0.392 e. The molecule has 0 aliphatic heterocycles. The maximum absolute atomic E-state index is 10.4. The van der Waals surface area contributed by atoms with Crippen LogP contribution in [0.15, 0.2) is 61.2 Å². The van der Waals surface area contributed by atoms with Gasteiger partial charge in [0, 0.05) is 0 Å². The average molecular weight is 312 g/mol. The van der Waals surface area contributed by atoms with Crippen molar-refractivity contribution in [3.05, 3.63) is 83.4 Å². The number of hydrogen-bond acceptors (Lipinski definition) is 3. The zero-order valence-corrected chi connectivity index (χ0v) is 13.3. The number of hydrogen-bond donors (Lipinski definition) is 2. The van der Waals surface area contributed by atoms with E-state index < -0.39 is 6.10 Å². The molecule has 122 valence electrons. The third kappa shape index (κ3) is 5.32. The van der Waals surface area contributed by atoms with Crippen LogP contribution < -0.4 is 0 Å². The van der Waals surface area contributed by atoms with Gasteiger partial charge in [-0.05, 0) is 35.1 Å². The quantitative estimate of drug-likeness (QED) is 0.553. The first kappa shape index (κ1) is 17.4. The van der Waals surface area contributed by atoms with E-state index in [0.717, 1.165) is 22.3 Å². The van der Waals surface area contributed by atoms with Gasteiger partial charge in [0.15, 0.2) is 0 Å². The molecule has 1 unspecified atom stereocenters. The first-order chi connectivity index (χ1) is 11.2. The van der Waals surface area contributed by atoms with Crippen molar-refractivity contribution in [2.45, 2.75) is 32.2 Å². The van der Waals surface area contributed by atoms with E-state index in [4.69, 9.17) is 4.74 Å². The Morgan fingerprint density at radius 1 is 0.913 bits per heavy atom. The number of rotatable bonds is 9. The number of ether oxygens (including phenoxy) is 1. The maximum atomic E-state index is 10.4. The molecule has 23 heavy (non-hydrogen) atoms. The Bertz CT molecular complexity index is 622. The van der Waals surface area contributed by atoms with Crippen molar-refractivity contribution in [2.24, 2.45) is 0 Å². The molecule has 2 aromatic rings. The fraction of sp³-hybridized carbons (Fsp3) is 0.300. The Kier molecular flexibility index (Phi) is 7.01. The molecule has 0 radical (unpaired) electrons. The normalized spacial score (nSPS) is 12.1. The number of aliphatic hydroxyl groups excluding tert-OH is 2. The molecule has 0 amide bonds. The average Bonchev–Trinajstić information content (AvgIpc) is 2.57. The topological polar surface area (TPSA) is 49.7 Å². The Balaban J connectivity index is 2.02. The SMILES string of the molecule is C=CCOCc1ccccc1CC(O)Cc1ccccc1CO. The van der Waals surface area contributed by atoms with E-state index >= 15 is 0 Å². The van der Waals surface area contributed by atoms with E-state index in [1.54, 1.807) is 6.08 Å². The summed E-state index contributed by atoms with van der Waals surface area (Å²) in [6.45, 7) is 4.67. The van der Waals surface area contributed by atoms with Crippen molar-refractivity contribution in [3.8, 4) is 0 Å². The highest BCUT2D eigenvalue weighted by Crippen LogP contribution is 2.17. The third-order valence-electron chi connectivity index (χ3n) is 3.81. The lowest BCUT2D eigenvalue weighted by atomic mass is 9.96. The smallest absolute Gasteiger partial charge is 0.0723 e. The molecule has 0 saturated heterocycles. The molecule has 0 heterocycles. The summed E-state index contributed by atoms with van der Waals surface area (Å²) >= 11 is 0. The minimum atomic E-state index is -0.497. The van der Waals surface area contributed by atoms with Crippen LogP contribution in [0.5, 0.6) is 0 Å². The minimum absolute atomic E-state index is 0.00509. The third-order valence-corrected chi connectivity index (χ3v) is 3.81. The fourth-order valence-corrected chi connectivity index (χ4v) is 2.64. The molecule has 0 bridgehead atoms. The first-order valence-electron chi connectivity index (χ1n) is 7.85. The molecular weight excluding hydrogens is 288 g/mol. The monoisotopic (exact) mass is 312 g/mol. The van der Waals surface area contributed by atoms with Crippen molar-refractivity contribution in [1.29, 1.82) is 0 Å². The van der Waals surface area contributed by atoms with E-state index in [-0.39, 0.29) is 6.61 Å². The largest absolute Gasteiger partial charge is 0.392 e. The maximum Gasteiger partial charge on any atom is 0.0723 e. The van der Waals surface area contributed by atoms with Crippen LogP contribution >= 0.6 is 0 Å². The van der Waals surface area contributed by atoms with Crippen molar-refractivity contribution < 1.29 is 14.9 Å². The summed E-state index contributed by atoms with van der Waals surface area (Å²) in [5, 5.41) is 19.8. The van der Waals surface area contributed by atoms with Gasteiger partial charge in [-0.25, -0.2) is 0 Å². The summed E-state index contributed by atoms with van der Waals surface area (Å²) in [5.74, 6) is 0. The van der Waals surface area contributed by atoms with Crippen LogP contribution in [0.4, 0.5) is 0 Å². The van der Waals surface area contributed by atoms with Gasteiger partial charge in [0.1, 0.15) is 0 Å². The van der Waals surface area contributed by atoms with Crippen LogP contribution in [0.1, 0.15) is 22.3 Å². The summed E-state index contributed by atoms with van der Waals surface area (Å²) in [6.07, 6.45) is 2.32. The van der Waals surface area contributed by atoms with Crippen LogP contribution in [0.2, 0.25) is 0 Å². The predicted molar refractivity (Wildman–Crippen MR) is 92.1 cm³/mol. The molecule has 1 atom stereocenters. The summed E-state index contributed by atoms with van der Waals surface area (Å²) in [4.78, 5) is 0. The van der Waals surface area contributed by atoms with Gasteiger partial charge in [-0.1, -0.05) is 54.6 Å². The molecular formula is C20H24O3. The Morgan fingerprint density at radius 3 is 2.00 bits per heavy atom. The molecule has 0 aliphatic rings. The van der Waals surface area contributed by atoms with E-state index in [1.165, 1.54) is 0 Å². The van der Waals surface area contributed by atoms with E-state index in [2.05, 4.69) is 6.58 Å². The second-order valence-corrected chi connectivity index (χ2v) is 5.56. The zero-order chi connectivity index (χ0) is 16.5. The summed E-state index contributed by atoms with van der Waals surface area (Å²) in [5.41, 5.74) is 4.03. The molecule has 2 N–H and O–H groups in total. The lowest BCUT2D eigenvalue weighted by molar-refractivity contribution is 0.145. The van der Waals surface area contributed by atoms with Gasteiger partial charge in [-0.2, -0.15) is 0 Å². The lowest BCUT2D eigenvalue weighted by Gasteiger charge is -2.16. The van der Waals surface area contributed by atoms with Gasteiger partial charge in [-0.15, -0.1) is 6.58 Å². The van der Waals surface area contributed by atoms with Crippen molar-refractivity contribution in [1.82, 2.24) is 0 Å².